The highest BCUT2D eigenvalue weighted by molar-refractivity contribution is 7.09. The molecule has 0 fully saturated rings. The molecule has 26 heavy (non-hydrogen) atoms. The molecule has 3 aromatic rings. The number of aromatic nitrogens is 2. The smallest absolute Gasteiger partial charge is 0.293 e. The third kappa shape index (κ3) is 3.98. The van der Waals surface area contributed by atoms with Gasteiger partial charge in [0.1, 0.15) is 11.5 Å². The molecule has 0 spiro atoms. The van der Waals surface area contributed by atoms with Crippen molar-refractivity contribution >= 4 is 34.0 Å². The van der Waals surface area contributed by atoms with Crippen LogP contribution >= 0.6 is 11.5 Å². The first kappa shape index (κ1) is 17.4. The summed E-state index contributed by atoms with van der Waals surface area (Å²) in [6.45, 7) is 1.43. The Morgan fingerprint density at radius 2 is 2.12 bits per heavy atom. The zero-order chi connectivity index (χ0) is 18.7. The predicted octanol–water partition coefficient (Wildman–Crippen LogP) is 3.09. The molecule has 0 bridgehead atoms. The Hall–Kier alpha value is -3.40. The summed E-state index contributed by atoms with van der Waals surface area (Å²) in [5.41, 5.74) is 0.412. The van der Waals surface area contributed by atoms with Gasteiger partial charge in [0, 0.05) is 29.2 Å². The van der Waals surface area contributed by atoms with E-state index in [1.807, 2.05) is 0 Å². The second-order valence-electron chi connectivity index (χ2n) is 5.32. The number of carbonyl (C=O) groups excluding carboxylic acids is 2. The van der Waals surface area contributed by atoms with Crippen molar-refractivity contribution in [3.63, 3.8) is 0 Å². The van der Waals surface area contributed by atoms with Crippen LogP contribution in [0.2, 0.25) is 0 Å². The molecule has 2 aromatic heterocycles. The highest BCUT2D eigenvalue weighted by Crippen LogP contribution is 2.26. The van der Waals surface area contributed by atoms with Gasteiger partial charge in [0.05, 0.1) is 11.3 Å². The number of furan rings is 1. The number of hydrogen-bond acceptors (Lipinski definition) is 8. The molecule has 3 rings (SSSR count). The van der Waals surface area contributed by atoms with E-state index >= 15 is 0 Å². The van der Waals surface area contributed by atoms with Crippen LogP contribution in [0.25, 0.3) is 11.3 Å². The van der Waals surface area contributed by atoms with Crippen molar-refractivity contribution in [2.45, 2.75) is 13.3 Å². The van der Waals surface area contributed by atoms with Gasteiger partial charge in [-0.3, -0.25) is 25.0 Å². The Morgan fingerprint density at radius 1 is 1.31 bits per heavy atom. The third-order valence-electron chi connectivity index (χ3n) is 3.27. The molecule has 0 atom stereocenters. The second kappa shape index (κ2) is 7.23. The van der Waals surface area contributed by atoms with Gasteiger partial charge in [0.25, 0.3) is 11.6 Å². The number of nitro groups is 1. The van der Waals surface area contributed by atoms with Gasteiger partial charge in [-0.1, -0.05) is 12.1 Å². The summed E-state index contributed by atoms with van der Waals surface area (Å²) < 4.78 is 9.46. The van der Waals surface area contributed by atoms with E-state index in [0.717, 1.165) is 11.5 Å². The summed E-state index contributed by atoms with van der Waals surface area (Å²) in [6.07, 6.45) is 0.101. The third-order valence-corrected chi connectivity index (χ3v) is 3.94. The summed E-state index contributed by atoms with van der Waals surface area (Å²) in [4.78, 5) is 37.7. The lowest BCUT2D eigenvalue weighted by Crippen LogP contribution is -2.10. The van der Waals surface area contributed by atoms with Crippen LogP contribution in [-0.4, -0.2) is 26.0 Å². The molecule has 10 heteroatoms. The van der Waals surface area contributed by atoms with Crippen LogP contribution in [-0.2, 0) is 11.2 Å². The maximum absolute atomic E-state index is 12.2. The van der Waals surface area contributed by atoms with Gasteiger partial charge in [0.15, 0.2) is 11.6 Å². The zero-order valence-electron chi connectivity index (χ0n) is 13.5. The number of anilines is 1. The Balaban J connectivity index is 1.74. The first-order chi connectivity index (χ1) is 12.4. The lowest BCUT2D eigenvalue weighted by atomic mass is 10.1. The zero-order valence-corrected chi connectivity index (χ0v) is 14.3. The van der Waals surface area contributed by atoms with Crippen LogP contribution in [0.1, 0.15) is 23.3 Å². The minimum absolute atomic E-state index is 0.0230. The van der Waals surface area contributed by atoms with Gasteiger partial charge in [-0.25, -0.2) is 4.98 Å². The maximum atomic E-state index is 12.2. The highest BCUT2D eigenvalue weighted by Gasteiger charge is 2.16. The summed E-state index contributed by atoms with van der Waals surface area (Å²) in [5.74, 6) is 0.0817. The molecule has 0 saturated heterocycles. The number of ketones is 1. The molecule has 0 aliphatic rings. The molecule has 0 aliphatic carbocycles. The van der Waals surface area contributed by atoms with Crippen molar-refractivity contribution in [2.75, 3.05) is 5.32 Å². The Morgan fingerprint density at radius 3 is 2.85 bits per heavy atom. The van der Waals surface area contributed by atoms with Gasteiger partial charge in [-0.2, -0.15) is 4.37 Å². The molecule has 1 N–H and O–H groups in total. The molecule has 1 aromatic carbocycles. The van der Waals surface area contributed by atoms with E-state index in [1.165, 1.54) is 31.2 Å². The average molecular weight is 372 g/mol. The fourth-order valence-electron chi connectivity index (χ4n) is 2.15. The summed E-state index contributed by atoms with van der Waals surface area (Å²) in [5, 5.41) is 13.6. The number of carbonyl (C=O) groups is 2. The number of hydrogen-bond donors (Lipinski definition) is 1. The second-order valence-corrected chi connectivity index (χ2v) is 6.07. The molecular formula is C16H12N4O5S. The van der Waals surface area contributed by atoms with Crippen molar-refractivity contribution in [3.8, 4) is 11.3 Å². The van der Waals surface area contributed by atoms with E-state index in [0.29, 0.717) is 17.1 Å². The number of benzene rings is 1. The molecule has 0 unspecified atom stereocenters. The fourth-order valence-corrected chi connectivity index (χ4v) is 2.73. The van der Waals surface area contributed by atoms with E-state index in [-0.39, 0.29) is 28.8 Å². The Kier molecular flexibility index (Phi) is 4.85. The quantitative estimate of drug-likeness (QED) is 0.520. The number of rotatable bonds is 6. The first-order valence-electron chi connectivity index (χ1n) is 7.40. The molecular weight excluding hydrogens is 360 g/mol. The number of nitrogens with one attached hydrogen (secondary N) is 1. The van der Waals surface area contributed by atoms with Crippen LogP contribution in [0.4, 0.5) is 10.8 Å². The molecule has 132 valence electrons. The van der Waals surface area contributed by atoms with Crippen LogP contribution in [0.15, 0.2) is 40.8 Å². The van der Waals surface area contributed by atoms with Gasteiger partial charge in [0.2, 0.25) is 5.13 Å². The molecule has 2 heterocycles. The lowest BCUT2D eigenvalue weighted by Gasteiger charge is -1.99. The van der Waals surface area contributed by atoms with E-state index in [9.17, 15) is 19.7 Å². The van der Waals surface area contributed by atoms with Crippen LogP contribution < -0.4 is 5.32 Å². The van der Waals surface area contributed by atoms with E-state index in [1.54, 1.807) is 12.1 Å². The number of amides is 1. The van der Waals surface area contributed by atoms with Crippen LogP contribution in [0.3, 0.4) is 0 Å². The number of Topliss-reactive ketones (excluding diaryl/α,β-unsaturated/α-hetero) is 1. The van der Waals surface area contributed by atoms with Crippen molar-refractivity contribution in [2.24, 2.45) is 0 Å². The van der Waals surface area contributed by atoms with Crippen molar-refractivity contribution in [1.82, 2.24) is 9.36 Å². The largest absolute Gasteiger partial charge is 0.451 e. The first-order valence-corrected chi connectivity index (χ1v) is 8.18. The van der Waals surface area contributed by atoms with Crippen molar-refractivity contribution in [3.05, 3.63) is 58.1 Å². The number of nitrogens with zero attached hydrogens (tertiary/aromatic N) is 3. The van der Waals surface area contributed by atoms with Gasteiger partial charge < -0.3 is 4.42 Å². The van der Waals surface area contributed by atoms with E-state index < -0.39 is 10.8 Å². The monoisotopic (exact) mass is 372 g/mol. The van der Waals surface area contributed by atoms with Crippen molar-refractivity contribution in [1.29, 1.82) is 0 Å². The van der Waals surface area contributed by atoms with Crippen molar-refractivity contribution < 1.29 is 18.9 Å². The topological polar surface area (TPSA) is 128 Å². The summed E-state index contributed by atoms with van der Waals surface area (Å²) in [6, 6.07) is 8.92. The van der Waals surface area contributed by atoms with Crippen LogP contribution in [0.5, 0.6) is 0 Å². The maximum Gasteiger partial charge on any atom is 0.293 e. The minimum atomic E-state index is -0.535. The standard InChI is InChI=1S/C16H12N4O5S/c1-9(21)7-14-17-16(26-19-14)18-15(22)13-6-5-12(25-13)10-3-2-4-11(8-10)20(23)24/h2-6,8H,7H2,1H3,(H,17,18,19,22). The molecule has 0 radical (unpaired) electrons. The average Bonchev–Trinajstić information content (AvgIpc) is 3.24. The Bertz CT molecular complexity index is 994. The fraction of sp³-hybridized carbons (Fsp3) is 0.125. The summed E-state index contributed by atoms with van der Waals surface area (Å²) >= 11 is 0.961. The number of non-ortho nitro benzene ring substituents is 1. The molecule has 0 saturated carbocycles. The minimum Gasteiger partial charge on any atom is -0.451 e. The SMILES string of the molecule is CC(=O)Cc1nsc(NC(=O)c2ccc(-c3cccc([N+](=O)[O-])c3)o2)n1. The normalized spacial score (nSPS) is 10.5. The number of nitro benzene ring substituents is 1. The van der Waals surface area contributed by atoms with Gasteiger partial charge in [-0.05, 0) is 19.1 Å². The predicted molar refractivity (Wildman–Crippen MR) is 93.0 cm³/mol. The van der Waals surface area contributed by atoms with Gasteiger partial charge in [-0.15, -0.1) is 0 Å². The highest BCUT2D eigenvalue weighted by atomic mass is 32.1. The molecule has 9 nitrogen and oxygen atoms in total. The van der Waals surface area contributed by atoms with E-state index in [2.05, 4.69) is 14.7 Å². The van der Waals surface area contributed by atoms with E-state index in [4.69, 9.17) is 4.42 Å². The molecule has 0 aliphatic heterocycles. The Labute approximate surface area is 151 Å². The van der Waals surface area contributed by atoms with Crippen LogP contribution in [0, 0.1) is 10.1 Å². The molecule has 1 amide bonds. The lowest BCUT2D eigenvalue weighted by molar-refractivity contribution is -0.384. The van der Waals surface area contributed by atoms with Gasteiger partial charge >= 0.3 is 0 Å². The summed E-state index contributed by atoms with van der Waals surface area (Å²) in [7, 11) is 0.